The quantitative estimate of drug-likeness (QED) is 0.557. The highest BCUT2D eigenvalue weighted by Gasteiger charge is 2.06. The van der Waals surface area contributed by atoms with Gasteiger partial charge >= 0.3 is 0 Å². The van der Waals surface area contributed by atoms with E-state index in [1.165, 1.54) is 0 Å². The minimum absolute atomic E-state index is 0.0950. The third-order valence-electron chi connectivity index (χ3n) is 2.32. The van der Waals surface area contributed by atoms with E-state index in [9.17, 15) is 5.11 Å². The van der Waals surface area contributed by atoms with E-state index in [1.807, 2.05) is 12.1 Å². The van der Waals surface area contributed by atoms with Crippen molar-refractivity contribution in [2.24, 2.45) is 5.84 Å². The molecule has 1 aromatic heterocycles. The predicted octanol–water partition coefficient (Wildman–Crippen LogP) is 1.36. The average Bonchev–Trinajstić information content (AvgIpc) is 2.38. The number of nitrogens with two attached hydrogens (primary N) is 1. The Balaban J connectivity index is 2.30. The van der Waals surface area contributed by atoms with E-state index in [2.05, 4.69) is 15.4 Å². The molecule has 0 amide bonds. The molecule has 0 fully saturated rings. The van der Waals surface area contributed by atoms with Crippen molar-refractivity contribution in [3.05, 3.63) is 41.7 Å². The molecular weight excluding hydrogens is 232 g/mol. The molecule has 0 aliphatic heterocycles. The molecule has 1 aromatic carbocycles. The first-order chi connectivity index (χ1) is 8.72. The average molecular weight is 246 g/mol. The molecule has 94 valence electrons. The number of aliphatic hydroxyl groups excluding tert-OH is 1. The van der Waals surface area contributed by atoms with E-state index in [-0.39, 0.29) is 6.61 Å². The number of para-hydroxylation sites is 1. The number of aromatic nitrogens is 2. The SMILES string of the molecule is Cc1nc(NN)cc(Oc2ccccc2CO)n1. The summed E-state index contributed by atoms with van der Waals surface area (Å²) in [5.41, 5.74) is 3.13. The zero-order chi connectivity index (χ0) is 13.0. The van der Waals surface area contributed by atoms with Crippen molar-refractivity contribution in [3.8, 4) is 11.6 Å². The summed E-state index contributed by atoms with van der Waals surface area (Å²) in [5.74, 6) is 7.24. The Morgan fingerprint density at radius 1 is 1.33 bits per heavy atom. The van der Waals surface area contributed by atoms with Crippen LogP contribution in [0.4, 0.5) is 5.82 Å². The molecule has 6 nitrogen and oxygen atoms in total. The fourth-order valence-electron chi connectivity index (χ4n) is 1.51. The first-order valence-electron chi connectivity index (χ1n) is 5.42. The molecule has 2 rings (SSSR count). The van der Waals surface area contributed by atoms with Crippen LogP contribution in [0.2, 0.25) is 0 Å². The number of nitrogens with zero attached hydrogens (tertiary/aromatic N) is 2. The number of hydrazine groups is 1. The van der Waals surface area contributed by atoms with Crippen LogP contribution in [0.5, 0.6) is 11.6 Å². The summed E-state index contributed by atoms with van der Waals surface area (Å²) >= 11 is 0. The maximum absolute atomic E-state index is 9.21. The second-order valence-electron chi connectivity index (χ2n) is 3.65. The van der Waals surface area contributed by atoms with Gasteiger partial charge in [-0.3, -0.25) is 0 Å². The first kappa shape index (κ1) is 12.3. The van der Waals surface area contributed by atoms with Gasteiger partial charge in [-0.2, -0.15) is 4.98 Å². The molecular formula is C12H14N4O2. The summed E-state index contributed by atoms with van der Waals surface area (Å²) in [6.45, 7) is 1.65. The molecule has 0 bridgehead atoms. The van der Waals surface area contributed by atoms with Crippen LogP contribution in [-0.2, 0) is 6.61 Å². The summed E-state index contributed by atoms with van der Waals surface area (Å²) in [6.07, 6.45) is 0. The number of hydrogen-bond acceptors (Lipinski definition) is 6. The lowest BCUT2D eigenvalue weighted by Gasteiger charge is -2.10. The number of aryl methyl sites for hydroxylation is 1. The van der Waals surface area contributed by atoms with Gasteiger partial charge < -0.3 is 15.3 Å². The van der Waals surface area contributed by atoms with E-state index in [0.717, 1.165) is 0 Å². The number of hydrogen-bond donors (Lipinski definition) is 3. The van der Waals surface area contributed by atoms with Crippen LogP contribution in [0.25, 0.3) is 0 Å². The third-order valence-corrected chi connectivity index (χ3v) is 2.32. The van der Waals surface area contributed by atoms with Crippen molar-refractivity contribution in [1.29, 1.82) is 0 Å². The molecule has 0 atom stereocenters. The second-order valence-corrected chi connectivity index (χ2v) is 3.65. The van der Waals surface area contributed by atoms with Crippen LogP contribution < -0.4 is 16.0 Å². The molecule has 0 spiro atoms. The zero-order valence-electron chi connectivity index (χ0n) is 9.92. The third kappa shape index (κ3) is 2.73. The number of rotatable bonds is 4. The van der Waals surface area contributed by atoms with Gasteiger partial charge in [-0.05, 0) is 13.0 Å². The maximum Gasteiger partial charge on any atom is 0.224 e. The van der Waals surface area contributed by atoms with Crippen molar-refractivity contribution >= 4 is 5.82 Å². The molecule has 4 N–H and O–H groups in total. The van der Waals surface area contributed by atoms with Crippen LogP contribution in [0.15, 0.2) is 30.3 Å². The van der Waals surface area contributed by atoms with Gasteiger partial charge in [0, 0.05) is 11.6 Å². The Labute approximate surface area is 104 Å². The number of ether oxygens (including phenoxy) is 1. The van der Waals surface area contributed by atoms with Crippen molar-refractivity contribution in [3.63, 3.8) is 0 Å². The molecule has 0 unspecified atom stereocenters. The smallest absolute Gasteiger partial charge is 0.224 e. The van der Waals surface area contributed by atoms with Gasteiger partial charge in [0.25, 0.3) is 0 Å². The van der Waals surface area contributed by atoms with E-state index in [0.29, 0.717) is 28.8 Å². The molecule has 1 heterocycles. The van der Waals surface area contributed by atoms with Gasteiger partial charge in [0.1, 0.15) is 17.4 Å². The molecule has 0 aliphatic carbocycles. The number of anilines is 1. The second kappa shape index (κ2) is 5.44. The van der Waals surface area contributed by atoms with E-state index >= 15 is 0 Å². The fourth-order valence-corrected chi connectivity index (χ4v) is 1.51. The number of aliphatic hydroxyl groups is 1. The number of nitrogens with one attached hydrogen (secondary N) is 1. The molecule has 0 radical (unpaired) electrons. The molecule has 0 saturated heterocycles. The summed E-state index contributed by atoms with van der Waals surface area (Å²) in [7, 11) is 0. The minimum atomic E-state index is -0.0950. The lowest BCUT2D eigenvalue weighted by atomic mass is 10.2. The Morgan fingerprint density at radius 2 is 2.11 bits per heavy atom. The summed E-state index contributed by atoms with van der Waals surface area (Å²) < 4.78 is 5.62. The number of nitrogen functional groups attached to an aromatic ring is 1. The first-order valence-corrected chi connectivity index (χ1v) is 5.42. The highest BCUT2D eigenvalue weighted by molar-refractivity contribution is 5.40. The van der Waals surface area contributed by atoms with E-state index in [4.69, 9.17) is 10.6 Å². The van der Waals surface area contributed by atoms with Crippen LogP contribution in [-0.4, -0.2) is 15.1 Å². The Morgan fingerprint density at radius 3 is 2.83 bits per heavy atom. The van der Waals surface area contributed by atoms with Crippen molar-refractivity contribution in [1.82, 2.24) is 9.97 Å². The van der Waals surface area contributed by atoms with Crippen LogP contribution in [0.3, 0.4) is 0 Å². The lowest BCUT2D eigenvalue weighted by molar-refractivity contribution is 0.276. The monoisotopic (exact) mass is 246 g/mol. The highest BCUT2D eigenvalue weighted by Crippen LogP contribution is 2.25. The Bertz CT molecular complexity index is 545. The lowest BCUT2D eigenvalue weighted by Crippen LogP contribution is -2.10. The minimum Gasteiger partial charge on any atom is -0.438 e. The van der Waals surface area contributed by atoms with Crippen LogP contribution in [0.1, 0.15) is 11.4 Å². The van der Waals surface area contributed by atoms with Gasteiger partial charge in [0.15, 0.2) is 0 Å². The maximum atomic E-state index is 9.21. The van der Waals surface area contributed by atoms with Crippen LogP contribution in [0, 0.1) is 6.92 Å². The van der Waals surface area contributed by atoms with Gasteiger partial charge in [0.05, 0.1) is 6.61 Å². The topological polar surface area (TPSA) is 93.3 Å². The highest BCUT2D eigenvalue weighted by atomic mass is 16.5. The van der Waals surface area contributed by atoms with Gasteiger partial charge in [-0.25, -0.2) is 10.8 Å². The summed E-state index contributed by atoms with van der Waals surface area (Å²) in [5, 5.41) is 9.21. The van der Waals surface area contributed by atoms with Gasteiger partial charge in [0.2, 0.25) is 5.88 Å². The van der Waals surface area contributed by atoms with Crippen molar-refractivity contribution < 1.29 is 9.84 Å². The predicted molar refractivity (Wildman–Crippen MR) is 67.0 cm³/mol. The fraction of sp³-hybridized carbons (Fsp3) is 0.167. The summed E-state index contributed by atoms with van der Waals surface area (Å²) in [6, 6.07) is 8.78. The summed E-state index contributed by atoms with van der Waals surface area (Å²) in [4.78, 5) is 8.20. The molecule has 18 heavy (non-hydrogen) atoms. The van der Waals surface area contributed by atoms with E-state index < -0.39 is 0 Å². The van der Waals surface area contributed by atoms with Crippen molar-refractivity contribution in [2.75, 3.05) is 5.43 Å². The van der Waals surface area contributed by atoms with E-state index in [1.54, 1.807) is 25.1 Å². The Kier molecular flexibility index (Phi) is 3.71. The van der Waals surface area contributed by atoms with Gasteiger partial charge in [-0.1, -0.05) is 18.2 Å². The van der Waals surface area contributed by atoms with Gasteiger partial charge in [-0.15, -0.1) is 0 Å². The van der Waals surface area contributed by atoms with Crippen LogP contribution >= 0.6 is 0 Å². The molecule has 0 aliphatic rings. The molecule has 0 saturated carbocycles. The standard InChI is InChI=1S/C12H14N4O2/c1-8-14-11(16-13)6-12(15-8)18-10-5-3-2-4-9(10)7-17/h2-6,17H,7,13H2,1H3,(H,14,15,16). The normalized spacial score (nSPS) is 10.2. The molecule has 6 heteroatoms. The van der Waals surface area contributed by atoms with Crippen molar-refractivity contribution in [2.45, 2.75) is 13.5 Å². The molecule has 2 aromatic rings. The number of benzene rings is 1. The zero-order valence-corrected chi connectivity index (χ0v) is 9.92. The Hall–Kier alpha value is -2.18. The largest absolute Gasteiger partial charge is 0.438 e.